The van der Waals surface area contributed by atoms with Gasteiger partial charge in [-0.3, -0.25) is 9.80 Å². The van der Waals surface area contributed by atoms with Crippen LogP contribution in [0.1, 0.15) is 5.56 Å². The van der Waals surface area contributed by atoms with Gasteiger partial charge < -0.3 is 14.7 Å². The third-order valence-electron chi connectivity index (χ3n) is 3.23. The quantitative estimate of drug-likeness (QED) is 0.773. The molecule has 8 heteroatoms. The summed E-state index contributed by atoms with van der Waals surface area (Å²) < 4.78 is 5.73. The first-order chi connectivity index (χ1) is 10.6. The van der Waals surface area contributed by atoms with E-state index in [1.54, 1.807) is 4.90 Å². The van der Waals surface area contributed by atoms with E-state index in [1.165, 1.54) is 11.3 Å². The number of carboxylic acid groups (broad SMARTS) is 1. The second-order valence-electron chi connectivity index (χ2n) is 4.83. The van der Waals surface area contributed by atoms with E-state index in [0.717, 1.165) is 5.56 Å². The van der Waals surface area contributed by atoms with Crippen LogP contribution in [-0.4, -0.2) is 34.3 Å². The summed E-state index contributed by atoms with van der Waals surface area (Å²) >= 11 is 0. The van der Waals surface area contributed by atoms with Crippen molar-refractivity contribution in [2.75, 3.05) is 23.1 Å². The van der Waals surface area contributed by atoms with Crippen LogP contribution in [0, 0.1) is 0 Å². The van der Waals surface area contributed by atoms with Gasteiger partial charge in [0.2, 0.25) is 5.88 Å². The summed E-state index contributed by atoms with van der Waals surface area (Å²) in [6, 6.07) is 9.63. The molecular weight excluding hydrogens is 286 g/mol. The molecule has 3 rings (SSSR count). The lowest BCUT2D eigenvalue weighted by molar-refractivity contribution is -0.135. The van der Waals surface area contributed by atoms with E-state index in [1.807, 2.05) is 30.3 Å². The molecule has 2 aromatic rings. The van der Waals surface area contributed by atoms with Crippen LogP contribution >= 0.6 is 0 Å². The number of hydrogen-bond donors (Lipinski definition) is 2. The Morgan fingerprint density at radius 1 is 1.32 bits per heavy atom. The second-order valence-corrected chi connectivity index (χ2v) is 4.83. The molecule has 1 aromatic carbocycles. The SMILES string of the molecule is NN1CN(CC(=O)O)c2c(OCc3ccccc3)ncnc21. The summed E-state index contributed by atoms with van der Waals surface area (Å²) in [4.78, 5) is 20.7. The second kappa shape index (κ2) is 5.86. The lowest BCUT2D eigenvalue weighted by Gasteiger charge is -2.17. The van der Waals surface area contributed by atoms with Gasteiger partial charge in [-0.15, -0.1) is 0 Å². The predicted molar refractivity (Wildman–Crippen MR) is 79.3 cm³/mol. The Morgan fingerprint density at radius 3 is 2.82 bits per heavy atom. The monoisotopic (exact) mass is 301 g/mol. The molecule has 0 saturated carbocycles. The van der Waals surface area contributed by atoms with E-state index in [4.69, 9.17) is 15.7 Å². The maximum atomic E-state index is 11.0. The van der Waals surface area contributed by atoms with Crippen LogP contribution in [0.2, 0.25) is 0 Å². The average molecular weight is 301 g/mol. The molecule has 0 spiro atoms. The smallest absolute Gasteiger partial charge is 0.323 e. The Balaban J connectivity index is 1.85. The number of anilines is 2. The number of rotatable bonds is 5. The van der Waals surface area contributed by atoms with Crippen molar-refractivity contribution in [2.45, 2.75) is 6.61 Å². The summed E-state index contributed by atoms with van der Waals surface area (Å²) in [5.41, 5.74) is 1.49. The number of ether oxygens (including phenoxy) is 1. The molecule has 0 bridgehead atoms. The molecule has 1 aromatic heterocycles. The lowest BCUT2D eigenvalue weighted by Crippen LogP contribution is -2.38. The first kappa shape index (κ1) is 14.1. The van der Waals surface area contributed by atoms with Crippen molar-refractivity contribution in [2.24, 2.45) is 5.84 Å². The predicted octanol–water partition coefficient (Wildman–Crippen LogP) is 0.598. The molecule has 0 radical (unpaired) electrons. The van der Waals surface area contributed by atoms with Crippen molar-refractivity contribution >= 4 is 17.5 Å². The maximum absolute atomic E-state index is 11.0. The van der Waals surface area contributed by atoms with Gasteiger partial charge in [-0.25, -0.2) is 10.8 Å². The molecular formula is C14H15N5O3. The minimum absolute atomic E-state index is 0.199. The van der Waals surface area contributed by atoms with Gasteiger partial charge in [0.05, 0.1) is 0 Å². The molecule has 3 N–H and O–H groups in total. The molecule has 2 heterocycles. The van der Waals surface area contributed by atoms with Gasteiger partial charge in [0, 0.05) is 0 Å². The van der Waals surface area contributed by atoms with E-state index < -0.39 is 5.97 Å². The summed E-state index contributed by atoms with van der Waals surface area (Å²) in [5.74, 6) is 5.66. The van der Waals surface area contributed by atoms with Crippen LogP contribution in [-0.2, 0) is 11.4 Å². The van der Waals surface area contributed by atoms with Gasteiger partial charge in [0.15, 0.2) is 5.82 Å². The number of nitrogens with two attached hydrogens (primary N) is 1. The lowest BCUT2D eigenvalue weighted by atomic mass is 10.2. The number of benzene rings is 1. The van der Waals surface area contributed by atoms with Crippen LogP contribution in [0.25, 0.3) is 0 Å². The zero-order valence-electron chi connectivity index (χ0n) is 11.7. The van der Waals surface area contributed by atoms with Gasteiger partial charge in [-0.2, -0.15) is 4.98 Å². The van der Waals surface area contributed by atoms with Crippen LogP contribution in [0.15, 0.2) is 36.7 Å². The van der Waals surface area contributed by atoms with Gasteiger partial charge in [-0.1, -0.05) is 30.3 Å². The number of aromatic nitrogens is 2. The fourth-order valence-corrected chi connectivity index (χ4v) is 2.29. The van der Waals surface area contributed by atoms with Gasteiger partial charge >= 0.3 is 5.97 Å². The topological polar surface area (TPSA) is 105 Å². The molecule has 0 aliphatic carbocycles. The number of fused-ring (bicyclic) bond motifs is 1. The third-order valence-corrected chi connectivity index (χ3v) is 3.23. The largest absolute Gasteiger partial charge is 0.480 e. The van der Waals surface area contributed by atoms with E-state index >= 15 is 0 Å². The molecule has 0 atom stereocenters. The van der Waals surface area contributed by atoms with Gasteiger partial charge in [-0.05, 0) is 5.56 Å². The highest BCUT2D eigenvalue weighted by Gasteiger charge is 2.31. The summed E-state index contributed by atoms with van der Waals surface area (Å²) in [6.45, 7) is 0.355. The van der Waals surface area contributed by atoms with E-state index in [-0.39, 0.29) is 13.2 Å². The molecule has 22 heavy (non-hydrogen) atoms. The van der Waals surface area contributed by atoms with E-state index in [0.29, 0.717) is 24.0 Å². The van der Waals surface area contributed by atoms with Crippen LogP contribution < -0.4 is 20.5 Å². The van der Waals surface area contributed by atoms with E-state index in [9.17, 15) is 4.79 Å². The minimum Gasteiger partial charge on any atom is -0.480 e. The zero-order chi connectivity index (χ0) is 15.5. The standard InChI is InChI=1S/C14H15N5O3/c15-19-9-18(6-11(20)21)12-13(19)16-8-17-14(12)22-7-10-4-2-1-3-5-10/h1-5,8H,6-7,9,15H2,(H,20,21). The first-order valence-electron chi connectivity index (χ1n) is 6.66. The first-order valence-corrected chi connectivity index (χ1v) is 6.66. The van der Waals surface area contributed by atoms with E-state index in [2.05, 4.69) is 9.97 Å². The summed E-state index contributed by atoms with van der Waals surface area (Å²) in [6.07, 6.45) is 1.35. The average Bonchev–Trinajstić information content (AvgIpc) is 2.82. The Hall–Kier alpha value is -2.87. The molecule has 0 fully saturated rings. The normalized spacial score (nSPS) is 13.1. The third kappa shape index (κ3) is 2.77. The van der Waals surface area contributed by atoms with Crippen molar-refractivity contribution in [3.05, 3.63) is 42.2 Å². The summed E-state index contributed by atoms with van der Waals surface area (Å²) in [7, 11) is 0. The maximum Gasteiger partial charge on any atom is 0.323 e. The van der Waals surface area contributed by atoms with Gasteiger partial charge in [0.25, 0.3) is 0 Å². The number of hydrogen-bond acceptors (Lipinski definition) is 7. The molecule has 1 aliphatic heterocycles. The Morgan fingerprint density at radius 2 is 2.09 bits per heavy atom. The number of aliphatic carboxylic acids is 1. The Labute approximate surface area is 126 Å². The number of carboxylic acids is 1. The molecule has 1 aliphatic rings. The Bertz CT molecular complexity index is 679. The van der Waals surface area contributed by atoms with Crippen LogP contribution in [0.5, 0.6) is 5.88 Å². The van der Waals surface area contributed by atoms with Crippen molar-refractivity contribution in [3.63, 3.8) is 0 Å². The highest BCUT2D eigenvalue weighted by atomic mass is 16.5. The number of hydrazine groups is 1. The molecule has 114 valence electrons. The highest BCUT2D eigenvalue weighted by Crippen LogP contribution is 2.38. The molecule has 0 amide bonds. The molecule has 0 unspecified atom stereocenters. The molecule has 8 nitrogen and oxygen atoms in total. The van der Waals surface area contributed by atoms with Crippen molar-refractivity contribution in [1.29, 1.82) is 0 Å². The summed E-state index contributed by atoms with van der Waals surface area (Å²) in [5, 5.41) is 10.4. The zero-order valence-corrected chi connectivity index (χ0v) is 11.7. The number of carbonyl (C=O) groups is 1. The molecule has 0 saturated heterocycles. The fourth-order valence-electron chi connectivity index (χ4n) is 2.29. The van der Waals surface area contributed by atoms with Crippen molar-refractivity contribution in [1.82, 2.24) is 9.97 Å². The van der Waals surface area contributed by atoms with Gasteiger partial charge in [0.1, 0.15) is 31.8 Å². The van der Waals surface area contributed by atoms with Crippen LogP contribution in [0.3, 0.4) is 0 Å². The minimum atomic E-state index is -0.959. The number of nitrogens with zero attached hydrogens (tertiary/aromatic N) is 4. The van der Waals surface area contributed by atoms with Crippen LogP contribution in [0.4, 0.5) is 11.5 Å². The Kier molecular flexibility index (Phi) is 3.75. The highest BCUT2D eigenvalue weighted by molar-refractivity contribution is 5.82. The van der Waals surface area contributed by atoms with Crippen molar-refractivity contribution < 1.29 is 14.6 Å². The van der Waals surface area contributed by atoms with Crippen molar-refractivity contribution in [3.8, 4) is 5.88 Å². The fraction of sp³-hybridized carbons (Fsp3) is 0.214.